The summed E-state index contributed by atoms with van der Waals surface area (Å²) in [7, 11) is 0. The lowest BCUT2D eigenvalue weighted by Gasteiger charge is -2.09. The molecule has 2 rings (SSSR count). The topological polar surface area (TPSA) is 103 Å². The van der Waals surface area contributed by atoms with E-state index in [4.69, 9.17) is 28.9 Å². The Morgan fingerprint density at radius 1 is 1.32 bits per heavy atom. The zero-order valence-electron chi connectivity index (χ0n) is 13.5. The maximum atomic E-state index is 12.1. The molecule has 3 N–H and O–H groups in total. The van der Waals surface area contributed by atoms with Crippen LogP contribution in [0.25, 0.3) is 0 Å². The minimum Gasteiger partial charge on any atom is -0.370 e. The van der Waals surface area contributed by atoms with E-state index in [1.165, 1.54) is 11.8 Å². The van der Waals surface area contributed by atoms with Crippen molar-refractivity contribution in [3.05, 3.63) is 34.1 Å². The van der Waals surface area contributed by atoms with Gasteiger partial charge in [0.05, 0.1) is 21.5 Å². The normalized spacial score (nSPS) is 10.7. The lowest BCUT2D eigenvalue weighted by molar-refractivity contribution is -0.118. The maximum absolute atomic E-state index is 12.1. The molecule has 1 aromatic carbocycles. The highest BCUT2D eigenvalue weighted by Crippen LogP contribution is 2.29. The number of rotatable bonds is 8. The fraction of sp³-hybridized carbons (Fsp3) is 0.333. The van der Waals surface area contributed by atoms with Crippen molar-refractivity contribution in [3.8, 4) is 0 Å². The van der Waals surface area contributed by atoms with E-state index in [1.54, 1.807) is 18.2 Å². The predicted molar refractivity (Wildman–Crippen MR) is 99.0 cm³/mol. The molecular formula is C15H17Cl2N5O2S. The van der Waals surface area contributed by atoms with Crippen LogP contribution in [0.2, 0.25) is 10.0 Å². The number of aryl methyl sites for hydroxylation is 1. The van der Waals surface area contributed by atoms with Crippen molar-refractivity contribution >= 4 is 52.5 Å². The predicted octanol–water partition coefficient (Wildman–Crippen LogP) is 2.75. The van der Waals surface area contributed by atoms with Gasteiger partial charge in [-0.15, -0.1) is 10.2 Å². The summed E-state index contributed by atoms with van der Waals surface area (Å²) in [6.07, 6.45) is 0.623. The number of benzene rings is 1. The van der Waals surface area contributed by atoms with E-state index in [9.17, 15) is 9.59 Å². The van der Waals surface area contributed by atoms with Crippen LogP contribution < -0.4 is 11.1 Å². The Bertz CT molecular complexity index is 781. The van der Waals surface area contributed by atoms with Crippen LogP contribution in [-0.4, -0.2) is 32.3 Å². The number of carbonyl (C=O) groups excluding carboxylic acids is 2. The van der Waals surface area contributed by atoms with Crippen LogP contribution in [0, 0.1) is 0 Å². The third-order valence-corrected chi connectivity index (χ3v) is 5.05. The summed E-state index contributed by atoms with van der Waals surface area (Å²) >= 11 is 13.2. The molecule has 7 nitrogen and oxygen atoms in total. The van der Waals surface area contributed by atoms with E-state index in [0.717, 1.165) is 0 Å². The molecule has 0 atom stereocenters. The van der Waals surface area contributed by atoms with Crippen LogP contribution in [0.15, 0.2) is 23.4 Å². The highest BCUT2D eigenvalue weighted by Gasteiger charge is 2.14. The van der Waals surface area contributed by atoms with E-state index >= 15 is 0 Å². The molecular weight excluding hydrogens is 385 g/mol. The molecule has 2 aromatic rings. The van der Waals surface area contributed by atoms with Gasteiger partial charge in [0.25, 0.3) is 0 Å². The zero-order valence-corrected chi connectivity index (χ0v) is 15.8. The monoisotopic (exact) mass is 401 g/mol. The fourth-order valence-corrected chi connectivity index (χ4v) is 3.25. The van der Waals surface area contributed by atoms with Crippen LogP contribution in [0.1, 0.15) is 19.2 Å². The van der Waals surface area contributed by atoms with Gasteiger partial charge in [-0.05, 0) is 19.1 Å². The Kier molecular flexibility index (Phi) is 7.10. The van der Waals surface area contributed by atoms with Crippen molar-refractivity contribution in [3.63, 3.8) is 0 Å². The minimum atomic E-state index is -0.391. The summed E-state index contributed by atoms with van der Waals surface area (Å²) in [6.45, 7) is 2.57. The van der Waals surface area contributed by atoms with Gasteiger partial charge >= 0.3 is 0 Å². The van der Waals surface area contributed by atoms with Gasteiger partial charge in [0.1, 0.15) is 5.82 Å². The van der Waals surface area contributed by atoms with Crippen LogP contribution in [-0.2, 0) is 22.6 Å². The van der Waals surface area contributed by atoms with E-state index in [2.05, 4.69) is 15.5 Å². The molecule has 25 heavy (non-hydrogen) atoms. The van der Waals surface area contributed by atoms with Gasteiger partial charge in [0, 0.05) is 19.4 Å². The number of anilines is 1. The third-order valence-electron chi connectivity index (χ3n) is 3.26. The van der Waals surface area contributed by atoms with Crippen molar-refractivity contribution < 1.29 is 9.59 Å². The number of aromatic nitrogens is 3. The molecule has 0 aliphatic heterocycles. The average molecular weight is 402 g/mol. The quantitative estimate of drug-likeness (QED) is 0.661. The van der Waals surface area contributed by atoms with Crippen LogP contribution in [0.3, 0.4) is 0 Å². The van der Waals surface area contributed by atoms with E-state index in [0.29, 0.717) is 39.7 Å². The molecule has 0 saturated carbocycles. The highest BCUT2D eigenvalue weighted by molar-refractivity contribution is 7.99. The standard InChI is InChI=1S/C15H17Cl2N5O2S/c1-2-22-12(7-6-11(18)23)20-21-15(22)25-8-13(24)19-10-5-3-4-9(16)14(10)17/h3-5H,2,6-8H2,1H3,(H2,18,23)(H,19,24). The second kappa shape index (κ2) is 9.07. The smallest absolute Gasteiger partial charge is 0.234 e. The summed E-state index contributed by atoms with van der Waals surface area (Å²) in [4.78, 5) is 23.0. The zero-order chi connectivity index (χ0) is 18.4. The second-order valence-electron chi connectivity index (χ2n) is 5.05. The Balaban J connectivity index is 1.97. The summed E-state index contributed by atoms with van der Waals surface area (Å²) in [5.74, 6) is 0.176. The van der Waals surface area contributed by atoms with Gasteiger partial charge < -0.3 is 15.6 Å². The molecule has 0 radical (unpaired) electrons. The highest BCUT2D eigenvalue weighted by atomic mass is 35.5. The molecule has 2 amide bonds. The Labute approximate surface area is 159 Å². The van der Waals surface area contributed by atoms with Gasteiger partial charge in [0.2, 0.25) is 11.8 Å². The molecule has 0 bridgehead atoms. The molecule has 10 heteroatoms. The van der Waals surface area contributed by atoms with Gasteiger partial charge in [-0.25, -0.2) is 0 Å². The van der Waals surface area contributed by atoms with Crippen molar-refractivity contribution in [1.29, 1.82) is 0 Å². The number of hydrogen-bond acceptors (Lipinski definition) is 5. The number of nitrogens with one attached hydrogen (secondary N) is 1. The van der Waals surface area contributed by atoms with Crippen molar-refractivity contribution in [1.82, 2.24) is 14.8 Å². The number of halogens is 2. The number of hydrogen-bond donors (Lipinski definition) is 2. The number of amides is 2. The number of nitrogens with zero attached hydrogens (tertiary/aromatic N) is 3. The molecule has 0 aliphatic rings. The average Bonchev–Trinajstić information content (AvgIpc) is 2.97. The molecule has 0 spiro atoms. The van der Waals surface area contributed by atoms with Gasteiger partial charge in [0.15, 0.2) is 5.16 Å². The van der Waals surface area contributed by atoms with Crippen molar-refractivity contribution in [2.75, 3.05) is 11.1 Å². The maximum Gasteiger partial charge on any atom is 0.234 e. The lowest BCUT2D eigenvalue weighted by Crippen LogP contribution is -2.15. The summed E-state index contributed by atoms with van der Waals surface area (Å²) in [5.41, 5.74) is 5.62. The Hall–Kier alpha value is -1.77. The van der Waals surface area contributed by atoms with Crippen LogP contribution in [0.4, 0.5) is 5.69 Å². The summed E-state index contributed by atoms with van der Waals surface area (Å²) in [5, 5.41) is 12.1. The molecule has 0 unspecified atom stereocenters. The summed E-state index contributed by atoms with van der Waals surface area (Å²) in [6, 6.07) is 5.02. The van der Waals surface area contributed by atoms with Crippen molar-refractivity contribution in [2.24, 2.45) is 5.73 Å². The SMILES string of the molecule is CCn1c(CCC(N)=O)nnc1SCC(=O)Nc1cccc(Cl)c1Cl. The number of carbonyl (C=O) groups is 2. The fourth-order valence-electron chi connectivity index (χ4n) is 2.08. The molecule has 0 fully saturated rings. The number of primary amides is 1. The van der Waals surface area contributed by atoms with Crippen LogP contribution >= 0.6 is 35.0 Å². The molecule has 1 aromatic heterocycles. The van der Waals surface area contributed by atoms with E-state index in [1.807, 2.05) is 11.5 Å². The first-order chi connectivity index (χ1) is 11.9. The molecule has 0 saturated heterocycles. The molecule has 1 heterocycles. The van der Waals surface area contributed by atoms with Crippen LogP contribution in [0.5, 0.6) is 0 Å². The lowest BCUT2D eigenvalue weighted by atomic mass is 10.3. The number of nitrogens with two attached hydrogens (primary N) is 1. The minimum absolute atomic E-state index is 0.136. The van der Waals surface area contributed by atoms with Gasteiger partial charge in [-0.3, -0.25) is 9.59 Å². The molecule has 134 valence electrons. The third kappa shape index (κ3) is 5.35. The van der Waals surface area contributed by atoms with E-state index in [-0.39, 0.29) is 18.1 Å². The largest absolute Gasteiger partial charge is 0.370 e. The van der Waals surface area contributed by atoms with E-state index < -0.39 is 5.91 Å². The first-order valence-electron chi connectivity index (χ1n) is 7.49. The first kappa shape index (κ1) is 19.6. The first-order valence-corrected chi connectivity index (χ1v) is 9.23. The Morgan fingerprint density at radius 2 is 2.08 bits per heavy atom. The Morgan fingerprint density at radius 3 is 2.76 bits per heavy atom. The van der Waals surface area contributed by atoms with Crippen molar-refractivity contribution in [2.45, 2.75) is 31.5 Å². The molecule has 0 aliphatic carbocycles. The number of thioether (sulfide) groups is 1. The second-order valence-corrected chi connectivity index (χ2v) is 6.78. The van der Waals surface area contributed by atoms with Gasteiger partial charge in [-0.2, -0.15) is 0 Å². The van der Waals surface area contributed by atoms with Gasteiger partial charge in [-0.1, -0.05) is 41.0 Å². The summed E-state index contributed by atoms with van der Waals surface area (Å²) < 4.78 is 1.85.